The molecule has 2 heterocycles. The molecule has 2 fully saturated rings. The van der Waals surface area contributed by atoms with Crippen LogP contribution < -0.4 is 5.32 Å². The summed E-state index contributed by atoms with van der Waals surface area (Å²) in [5.74, 6) is -0.504. The van der Waals surface area contributed by atoms with Gasteiger partial charge in [0.1, 0.15) is 11.9 Å². The monoisotopic (exact) mass is 403 g/mol. The maximum Gasteiger partial charge on any atom is 0.412 e. The van der Waals surface area contributed by atoms with Gasteiger partial charge in [0.05, 0.1) is 31.9 Å². The molecule has 4 rings (SSSR count). The van der Waals surface area contributed by atoms with Crippen LogP contribution in [-0.4, -0.2) is 42.9 Å². The number of benzene rings is 2. The van der Waals surface area contributed by atoms with Crippen molar-refractivity contribution >= 4 is 23.4 Å². The molecule has 2 aromatic rings. The number of hydrogen-bond acceptors (Lipinski definition) is 2. The minimum atomic E-state index is -0.606. The normalized spacial score (nSPS) is 25.4. The molecule has 0 radical (unpaired) electrons. The van der Waals surface area contributed by atoms with Crippen LogP contribution in [0.5, 0.6) is 0 Å². The summed E-state index contributed by atoms with van der Waals surface area (Å²) in [6.45, 7) is 0. The number of nitrogens with one attached hydrogen (secondary N) is 1. The summed E-state index contributed by atoms with van der Waals surface area (Å²) in [6.07, 6.45) is 3.33. The van der Waals surface area contributed by atoms with Gasteiger partial charge >= 0.3 is 6.09 Å². The maximum atomic E-state index is 14.5. The molecule has 28 heavy (non-hydrogen) atoms. The van der Waals surface area contributed by atoms with Gasteiger partial charge in [-0.3, -0.25) is 5.32 Å². The van der Waals surface area contributed by atoms with Gasteiger partial charge in [-0.1, -0.05) is 35.9 Å². The van der Waals surface area contributed by atoms with Gasteiger partial charge in [-0.2, -0.15) is 0 Å². The van der Waals surface area contributed by atoms with E-state index in [9.17, 15) is 9.18 Å². The fraction of sp³-hybridized carbons (Fsp3) is 0.409. The Morgan fingerprint density at radius 1 is 1.14 bits per heavy atom. The summed E-state index contributed by atoms with van der Waals surface area (Å²) in [5.41, 5.74) is 1.42. The first-order chi connectivity index (χ1) is 13.3. The number of amides is 1. The van der Waals surface area contributed by atoms with Gasteiger partial charge in [0.15, 0.2) is 0 Å². The van der Waals surface area contributed by atoms with Gasteiger partial charge in [0, 0.05) is 36.3 Å². The molecule has 0 spiro atoms. The van der Waals surface area contributed by atoms with Gasteiger partial charge in [-0.05, 0) is 23.8 Å². The number of para-hydroxylation sites is 1. The molecule has 148 valence electrons. The average Bonchev–Trinajstić information content (AvgIpc) is 2.81. The van der Waals surface area contributed by atoms with Crippen molar-refractivity contribution in [3.05, 3.63) is 53.3 Å². The maximum absolute atomic E-state index is 14.5. The Labute approximate surface area is 169 Å². The summed E-state index contributed by atoms with van der Waals surface area (Å²) in [6, 6.07) is 12.9. The van der Waals surface area contributed by atoms with Crippen molar-refractivity contribution in [2.75, 3.05) is 19.4 Å². The van der Waals surface area contributed by atoms with E-state index in [2.05, 4.69) is 19.4 Å². The lowest BCUT2D eigenvalue weighted by atomic mass is 9.98. The minimum Gasteiger partial charge on any atom is -0.445 e. The zero-order valence-electron chi connectivity index (χ0n) is 16.1. The summed E-state index contributed by atoms with van der Waals surface area (Å²) in [7, 11) is 4.52. The van der Waals surface area contributed by atoms with Crippen molar-refractivity contribution in [2.45, 2.75) is 43.9 Å². The third kappa shape index (κ3) is 3.61. The highest BCUT2D eigenvalue weighted by molar-refractivity contribution is 6.30. The number of carbonyl (C=O) groups is 1. The lowest BCUT2D eigenvalue weighted by Crippen LogP contribution is -2.56. The van der Waals surface area contributed by atoms with E-state index in [1.165, 1.54) is 18.9 Å². The van der Waals surface area contributed by atoms with Crippen LogP contribution in [0.4, 0.5) is 14.9 Å². The Morgan fingerprint density at radius 3 is 2.50 bits per heavy atom. The highest BCUT2D eigenvalue weighted by Gasteiger charge is 2.49. The van der Waals surface area contributed by atoms with Crippen LogP contribution in [0.25, 0.3) is 11.1 Å². The molecule has 0 saturated carbocycles. The van der Waals surface area contributed by atoms with Crippen LogP contribution in [0.1, 0.15) is 25.7 Å². The van der Waals surface area contributed by atoms with Crippen LogP contribution in [0.3, 0.4) is 0 Å². The SMILES string of the molecule is C[N+]1(C)[C@@H]2CC[C@H]1CC(OC(=O)Nc1c(F)cccc1-c1cccc(Cl)c1)C2. The van der Waals surface area contributed by atoms with E-state index in [0.717, 1.165) is 22.9 Å². The van der Waals surface area contributed by atoms with E-state index in [0.29, 0.717) is 22.7 Å². The largest absolute Gasteiger partial charge is 0.445 e. The van der Waals surface area contributed by atoms with E-state index < -0.39 is 11.9 Å². The topological polar surface area (TPSA) is 38.3 Å². The predicted octanol–water partition coefficient (Wildman–Crippen LogP) is 5.46. The molecule has 6 heteroatoms. The van der Waals surface area contributed by atoms with Crippen LogP contribution in [0, 0.1) is 5.82 Å². The molecule has 1 N–H and O–H groups in total. The second-order valence-corrected chi connectivity index (χ2v) is 8.75. The van der Waals surface area contributed by atoms with E-state index in [-0.39, 0.29) is 11.8 Å². The third-order valence-corrected chi connectivity index (χ3v) is 6.67. The molecule has 2 bridgehead atoms. The van der Waals surface area contributed by atoms with Crippen molar-refractivity contribution in [3.63, 3.8) is 0 Å². The van der Waals surface area contributed by atoms with Crippen molar-refractivity contribution < 1.29 is 18.4 Å². The first-order valence-electron chi connectivity index (χ1n) is 9.70. The molecular formula is C22H25ClFN2O2+. The smallest absolute Gasteiger partial charge is 0.412 e. The Morgan fingerprint density at radius 2 is 1.82 bits per heavy atom. The van der Waals surface area contributed by atoms with E-state index >= 15 is 0 Å². The summed E-state index contributed by atoms with van der Waals surface area (Å²) in [5, 5.41) is 3.18. The second kappa shape index (κ2) is 7.37. The summed E-state index contributed by atoms with van der Waals surface area (Å²) >= 11 is 6.07. The number of fused-ring (bicyclic) bond motifs is 2. The summed E-state index contributed by atoms with van der Waals surface area (Å²) < 4.78 is 21.2. The first kappa shape index (κ1) is 19.2. The Hall–Kier alpha value is -2.11. The molecule has 4 nitrogen and oxygen atoms in total. The highest BCUT2D eigenvalue weighted by atomic mass is 35.5. The zero-order chi connectivity index (χ0) is 19.9. The molecular weight excluding hydrogens is 379 g/mol. The molecule has 2 aliphatic rings. The second-order valence-electron chi connectivity index (χ2n) is 8.31. The molecule has 2 aromatic carbocycles. The third-order valence-electron chi connectivity index (χ3n) is 6.44. The van der Waals surface area contributed by atoms with Gasteiger partial charge in [-0.15, -0.1) is 0 Å². The average molecular weight is 404 g/mol. The Kier molecular flexibility index (Phi) is 5.06. The number of nitrogens with zero attached hydrogens (tertiary/aromatic N) is 1. The zero-order valence-corrected chi connectivity index (χ0v) is 16.9. The number of rotatable bonds is 3. The van der Waals surface area contributed by atoms with E-state index in [1.807, 2.05) is 6.07 Å². The standard InChI is InChI=1S/C22H24ClFN2O2/c1-26(2)16-9-10-17(26)13-18(12-16)28-22(27)25-21-19(7-4-8-20(21)24)14-5-3-6-15(23)11-14/h3-8,11,16-18H,9-10,12-13H2,1-2H3/p+1/t16-,17+,18?. The van der Waals surface area contributed by atoms with Gasteiger partial charge in [0.2, 0.25) is 0 Å². The van der Waals surface area contributed by atoms with Crippen LogP contribution in [-0.2, 0) is 4.74 Å². The van der Waals surface area contributed by atoms with Gasteiger partial charge < -0.3 is 9.22 Å². The van der Waals surface area contributed by atoms with Crippen LogP contribution in [0.15, 0.2) is 42.5 Å². The first-order valence-corrected chi connectivity index (χ1v) is 10.1. The molecule has 3 atom stereocenters. The fourth-order valence-corrected chi connectivity index (χ4v) is 4.95. The van der Waals surface area contributed by atoms with Crippen LogP contribution in [0.2, 0.25) is 5.02 Å². The lowest BCUT2D eigenvalue weighted by molar-refractivity contribution is -0.931. The molecule has 2 saturated heterocycles. The molecule has 1 unspecified atom stereocenters. The Bertz CT molecular complexity index is 886. The number of ether oxygens (including phenoxy) is 1. The van der Waals surface area contributed by atoms with E-state index in [1.54, 1.807) is 30.3 Å². The highest BCUT2D eigenvalue weighted by Crippen LogP contribution is 2.40. The number of carbonyl (C=O) groups excluding carboxylic acids is 1. The molecule has 0 aliphatic carbocycles. The minimum absolute atomic E-state index is 0.115. The lowest BCUT2D eigenvalue weighted by Gasteiger charge is -2.43. The number of halogens is 2. The van der Waals surface area contributed by atoms with Crippen molar-refractivity contribution in [1.82, 2.24) is 0 Å². The van der Waals surface area contributed by atoms with E-state index in [4.69, 9.17) is 16.3 Å². The quantitative estimate of drug-likeness (QED) is 0.690. The number of piperidine rings is 1. The number of anilines is 1. The number of hydrogen-bond donors (Lipinski definition) is 1. The number of quaternary nitrogens is 1. The van der Waals surface area contributed by atoms with Gasteiger partial charge in [-0.25, -0.2) is 9.18 Å². The summed E-state index contributed by atoms with van der Waals surface area (Å²) in [4.78, 5) is 12.5. The fourth-order valence-electron chi connectivity index (χ4n) is 4.76. The molecule has 0 aromatic heterocycles. The predicted molar refractivity (Wildman–Crippen MR) is 109 cm³/mol. The molecule has 1 amide bonds. The van der Waals surface area contributed by atoms with Crippen molar-refractivity contribution in [1.29, 1.82) is 0 Å². The Balaban J connectivity index is 1.50. The van der Waals surface area contributed by atoms with Crippen LogP contribution >= 0.6 is 11.6 Å². The van der Waals surface area contributed by atoms with Crippen molar-refractivity contribution in [3.8, 4) is 11.1 Å². The van der Waals surface area contributed by atoms with Crippen molar-refractivity contribution in [2.24, 2.45) is 0 Å². The molecule has 2 aliphatic heterocycles. The van der Waals surface area contributed by atoms with Gasteiger partial charge in [0.25, 0.3) is 0 Å².